The molecule has 140 valence electrons. The highest BCUT2D eigenvalue weighted by atomic mass is 79.9. The minimum absolute atomic E-state index is 0.0389. The molecule has 9 heteroatoms. The largest absolute Gasteiger partial charge is 0.478 e. The van der Waals surface area contributed by atoms with Gasteiger partial charge in [-0.2, -0.15) is 0 Å². The smallest absolute Gasteiger partial charge is 0.339 e. The van der Waals surface area contributed by atoms with Crippen LogP contribution >= 0.6 is 27.3 Å². The van der Waals surface area contributed by atoms with Gasteiger partial charge in [0.25, 0.3) is 5.89 Å². The van der Waals surface area contributed by atoms with Gasteiger partial charge in [0.1, 0.15) is 11.1 Å². The molecule has 0 saturated carbocycles. The normalized spacial score (nSPS) is 10.9. The molecule has 0 unspecified atom stereocenters. The second kappa shape index (κ2) is 7.17. The van der Waals surface area contributed by atoms with Crippen LogP contribution in [0.4, 0.5) is 10.1 Å². The molecule has 6 nitrogen and oxygen atoms in total. The first kappa shape index (κ1) is 18.3. The number of thiophene rings is 1. The Labute approximate surface area is 169 Å². The van der Waals surface area contributed by atoms with Crippen molar-refractivity contribution < 1.29 is 23.5 Å². The minimum Gasteiger partial charge on any atom is -0.478 e. The number of aromatic carboxylic acids is 1. The molecule has 2 heterocycles. The number of carbonyl (C=O) groups is 2. The summed E-state index contributed by atoms with van der Waals surface area (Å²) in [4.78, 5) is 28.7. The van der Waals surface area contributed by atoms with E-state index in [2.05, 4.69) is 26.2 Å². The minimum atomic E-state index is -1.18. The summed E-state index contributed by atoms with van der Waals surface area (Å²) in [6, 6.07) is 11.3. The van der Waals surface area contributed by atoms with E-state index in [9.17, 15) is 19.1 Å². The summed E-state index contributed by atoms with van der Waals surface area (Å²) < 4.78 is 19.8. The number of aromatic nitrogens is 1. The van der Waals surface area contributed by atoms with Crippen LogP contribution < -0.4 is 5.32 Å². The topological polar surface area (TPSA) is 92.4 Å². The zero-order chi connectivity index (χ0) is 19.8. The summed E-state index contributed by atoms with van der Waals surface area (Å²) in [5.41, 5.74) is 0.845. The van der Waals surface area contributed by atoms with Crippen molar-refractivity contribution in [3.8, 4) is 10.4 Å². The number of hydrogen-bond acceptors (Lipinski definition) is 5. The maximum atomic E-state index is 13.7. The fraction of sp³-hybridized carbons (Fsp3) is 0. The zero-order valence-corrected chi connectivity index (χ0v) is 16.3. The molecule has 0 aliphatic carbocycles. The van der Waals surface area contributed by atoms with Crippen molar-refractivity contribution >= 4 is 55.9 Å². The number of rotatable bonds is 4. The number of amides is 1. The number of carboxylic acid groups (broad SMARTS) is 1. The molecule has 2 aromatic heterocycles. The SMILES string of the molecule is O=C(Nc1csc(-c2ccc(Br)cc2)c1C(=O)O)c1nc2cccc(F)c2o1. The highest BCUT2D eigenvalue weighted by Gasteiger charge is 2.23. The Hall–Kier alpha value is -3.04. The van der Waals surface area contributed by atoms with E-state index in [0.29, 0.717) is 10.4 Å². The maximum Gasteiger partial charge on any atom is 0.339 e. The summed E-state index contributed by atoms with van der Waals surface area (Å²) >= 11 is 4.52. The lowest BCUT2D eigenvalue weighted by Crippen LogP contribution is -2.14. The van der Waals surface area contributed by atoms with Crippen molar-refractivity contribution in [1.29, 1.82) is 0 Å². The van der Waals surface area contributed by atoms with Crippen molar-refractivity contribution in [2.75, 3.05) is 5.32 Å². The first-order valence-corrected chi connectivity index (χ1v) is 9.58. The van der Waals surface area contributed by atoms with Gasteiger partial charge in [-0.3, -0.25) is 4.79 Å². The summed E-state index contributed by atoms with van der Waals surface area (Å²) in [7, 11) is 0. The molecular formula is C19H10BrFN2O4S. The number of fused-ring (bicyclic) bond motifs is 1. The van der Waals surface area contributed by atoms with E-state index in [0.717, 1.165) is 4.47 Å². The first-order chi connectivity index (χ1) is 13.4. The number of benzene rings is 2. The Morgan fingerprint density at radius 1 is 1.18 bits per heavy atom. The van der Waals surface area contributed by atoms with Crippen molar-refractivity contribution in [2.24, 2.45) is 0 Å². The highest BCUT2D eigenvalue weighted by Crippen LogP contribution is 2.36. The Kier molecular flexibility index (Phi) is 4.70. The van der Waals surface area contributed by atoms with E-state index in [1.807, 2.05) is 0 Å². The second-order valence-electron chi connectivity index (χ2n) is 5.73. The van der Waals surface area contributed by atoms with Crippen LogP contribution in [0.3, 0.4) is 0 Å². The van der Waals surface area contributed by atoms with Crippen LogP contribution in [0.15, 0.2) is 56.7 Å². The monoisotopic (exact) mass is 460 g/mol. The van der Waals surface area contributed by atoms with Gasteiger partial charge in [0.15, 0.2) is 11.4 Å². The van der Waals surface area contributed by atoms with Crippen LogP contribution in [0.25, 0.3) is 21.5 Å². The van der Waals surface area contributed by atoms with E-state index < -0.39 is 17.7 Å². The van der Waals surface area contributed by atoms with Crippen LogP contribution in [-0.4, -0.2) is 22.0 Å². The molecule has 0 bridgehead atoms. The standard InChI is InChI=1S/C19H10BrFN2O4S/c20-10-6-4-9(5-7-10)16-14(19(25)26)13(8-28-16)22-17(24)18-23-12-3-1-2-11(21)15(12)27-18/h1-8H,(H,22,24)(H,25,26). The number of nitrogens with zero attached hydrogens (tertiary/aromatic N) is 1. The number of nitrogens with one attached hydrogen (secondary N) is 1. The van der Waals surface area contributed by atoms with Gasteiger partial charge in [-0.25, -0.2) is 14.2 Å². The lowest BCUT2D eigenvalue weighted by Gasteiger charge is -2.04. The molecule has 0 saturated heterocycles. The second-order valence-corrected chi connectivity index (χ2v) is 7.52. The van der Waals surface area contributed by atoms with Crippen molar-refractivity contribution in [2.45, 2.75) is 0 Å². The zero-order valence-electron chi connectivity index (χ0n) is 13.9. The number of hydrogen-bond donors (Lipinski definition) is 2. The van der Waals surface area contributed by atoms with E-state index in [-0.39, 0.29) is 28.2 Å². The number of anilines is 1. The van der Waals surface area contributed by atoms with Crippen LogP contribution in [-0.2, 0) is 0 Å². The van der Waals surface area contributed by atoms with Gasteiger partial charge in [-0.15, -0.1) is 11.3 Å². The van der Waals surface area contributed by atoms with Crippen LogP contribution in [0, 0.1) is 5.82 Å². The van der Waals surface area contributed by atoms with Gasteiger partial charge in [-0.05, 0) is 29.8 Å². The van der Waals surface area contributed by atoms with E-state index in [1.165, 1.54) is 34.9 Å². The fourth-order valence-corrected chi connectivity index (χ4v) is 3.93. The van der Waals surface area contributed by atoms with Gasteiger partial charge in [0, 0.05) is 9.85 Å². The molecule has 0 fully saturated rings. The molecule has 4 rings (SSSR count). The molecule has 0 spiro atoms. The van der Waals surface area contributed by atoms with Gasteiger partial charge in [-0.1, -0.05) is 34.1 Å². The average molecular weight is 461 g/mol. The summed E-state index contributed by atoms with van der Waals surface area (Å²) in [5, 5.41) is 13.7. The Bertz CT molecular complexity index is 1220. The van der Waals surface area contributed by atoms with Crippen molar-refractivity contribution in [3.63, 3.8) is 0 Å². The molecule has 28 heavy (non-hydrogen) atoms. The molecule has 4 aromatic rings. The third-order valence-corrected chi connectivity index (χ3v) is 5.48. The van der Waals surface area contributed by atoms with Crippen LogP contribution in [0.2, 0.25) is 0 Å². The third-order valence-electron chi connectivity index (χ3n) is 3.92. The number of carbonyl (C=O) groups excluding carboxylic acids is 1. The van der Waals surface area contributed by atoms with Gasteiger partial charge in [0.05, 0.1) is 10.6 Å². The molecule has 0 radical (unpaired) electrons. The van der Waals surface area contributed by atoms with Crippen molar-refractivity contribution in [1.82, 2.24) is 4.98 Å². The molecule has 0 aliphatic heterocycles. The van der Waals surface area contributed by atoms with Gasteiger partial charge >= 0.3 is 11.9 Å². The third kappa shape index (κ3) is 3.30. The number of oxazole rings is 1. The number of carboxylic acids is 1. The summed E-state index contributed by atoms with van der Waals surface area (Å²) in [5.74, 6) is -2.94. The fourth-order valence-electron chi connectivity index (χ4n) is 2.66. The molecule has 2 aromatic carbocycles. The lowest BCUT2D eigenvalue weighted by molar-refractivity contribution is 0.0699. The van der Waals surface area contributed by atoms with Crippen LogP contribution in [0.1, 0.15) is 21.0 Å². The predicted octanol–water partition coefficient (Wildman–Crippen LogP) is 5.41. The Morgan fingerprint density at radius 2 is 1.93 bits per heavy atom. The molecule has 0 atom stereocenters. The molecular weight excluding hydrogens is 451 g/mol. The van der Waals surface area contributed by atoms with E-state index >= 15 is 0 Å². The van der Waals surface area contributed by atoms with Gasteiger partial charge in [0.2, 0.25) is 0 Å². The molecule has 2 N–H and O–H groups in total. The Balaban J connectivity index is 1.69. The average Bonchev–Trinajstić information content (AvgIpc) is 3.27. The quantitative estimate of drug-likeness (QED) is 0.424. The van der Waals surface area contributed by atoms with Crippen LogP contribution in [0.5, 0.6) is 0 Å². The van der Waals surface area contributed by atoms with Gasteiger partial charge < -0.3 is 14.8 Å². The Morgan fingerprint density at radius 3 is 2.61 bits per heavy atom. The predicted molar refractivity (Wildman–Crippen MR) is 106 cm³/mol. The highest BCUT2D eigenvalue weighted by molar-refractivity contribution is 9.10. The van der Waals surface area contributed by atoms with E-state index in [1.54, 1.807) is 24.3 Å². The van der Waals surface area contributed by atoms with E-state index in [4.69, 9.17) is 4.42 Å². The molecule has 0 aliphatic rings. The summed E-state index contributed by atoms with van der Waals surface area (Å²) in [6.45, 7) is 0. The molecule has 1 amide bonds. The van der Waals surface area contributed by atoms with Crippen molar-refractivity contribution in [3.05, 3.63) is 69.6 Å². The first-order valence-electron chi connectivity index (χ1n) is 7.91. The maximum absolute atomic E-state index is 13.7. The lowest BCUT2D eigenvalue weighted by atomic mass is 10.1. The summed E-state index contributed by atoms with van der Waals surface area (Å²) in [6.07, 6.45) is 0. The number of halogens is 2. The number of para-hydroxylation sites is 1.